The Morgan fingerprint density at radius 3 is 2.79 bits per heavy atom. The zero-order valence-electron chi connectivity index (χ0n) is 11.4. The van der Waals surface area contributed by atoms with E-state index in [4.69, 9.17) is 10.5 Å². The summed E-state index contributed by atoms with van der Waals surface area (Å²) in [6.45, 7) is 0. The molecule has 0 aromatic heterocycles. The third-order valence-electron chi connectivity index (χ3n) is 4.35. The molecule has 2 aliphatic rings. The number of hydrogen-bond acceptors (Lipinski definition) is 3. The molecule has 1 atom stereocenters. The van der Waals surface area contributed by atoms with Crippen LogP contribution in [0.3, 0.4) is 0 Å². The maximum absolute atomic E-state index is 6.60. The van der Waals surface area contributed by atoms with Crippen molar-refractivity contribution in [3.05, 3.63) is 29.8 Å². The molecule has 2 fully saturated rings. The van der Waals surface area contributed by atoms with Crippen molar-refractivity contribution >= 4 is 11.8 Å². The Morgan fingerprint density at radius 2 is 2.05 bits per heavy atom. The molecule has 3 rings (SSSR count). The first-order chi connectivity index (χ1) is 9.26. The molecule has 1 aromatic carbocycles. The molecule has 1 aliphatic carbocycles. The molecule has 1 heterocycles. The smallest absolute Gasteiger partial charge is 0.120 e. The van der Waals surface area contributed by atoms with Gasteiger partial charge in [-0.05, 0) is 42.7 Å². The lowest BCUT2D eigenvalue weighted by Crippen LogP contribution is -2.38. The van der Waals surface area contributed by atoms with Crippen LogP contribution in [-0.4, -0.2) is 17.6 Å². The van der Waals surface area contributed by atoms with Crippen LogP contribution in [0.5, 0.6) is 5.75 Å². The van der Waals surface area contributed by atoms with Crippen molar-refractivity contribution < 1.29 is 4.74 Å². The lowest BCUT2D eigenvalue weighted by Gasteiger charge is -2.34. The van der Waals surface area contributed by atoms with Gasteiger partial charge in [0.25, 0.3) is 0 Å². The molecule has 0 spiro atoms. The van der Waals surface area contributed by atoms with E-state index in [1.165, 1.54) is 37.0 Å². The third-order valence-corrected chi connectivity index (χ3v) is 5.48. The predicted molar refractivity (Wildman–Crippen MR) is 81.8 cm³/mol. The lowest BCUT2D eigenvalue weighted by molar-refractivity contribution is 0.228. The van der Waals surface area contributed by atoms with E-state index in [1.54, 1.807) is 0 Å². The molecule has 0 radical (unpaired) electrons. The maximum Gasteiger partial charge on any atom is 0.120 e. The SMILES string of the molecule is NC1(c2cccc(OC3CCSC3)c2)CCCCC1. The van der Waals surface area contributed by atoms with Gasteiger partial charge < -0.3 is 10.5 Å². The first kappa shape index (κ1) is 13.3. The van der Waals surface area contributed by atoms with E-state index in [-0.39, 0.29) is 5.54 Å². The molecule has 2 nitrogen and oxygen atoms in total. The van der Waals surface area contributed by atoms with Gasteiger partial charge >= 0.3 is 0 Å². The zero-order valence-corrected chi connectivity index (χ0v) is 12.3. The molecule has 0 amide bonds. The molecule has 19 heavy (non-hydrogen) atoms. The molecule has 2 N–H and O–H groups in total. The van der Waals surface area contributed by atoms with E-state index in [1.807, 2.05) is 11.8 Å². The van der Waals surface area contributed by atoms with Crippen LogP contribution in [0.25, 0.3) is 0 Å². The van der Waals surface area contributed by atoms with E-state index >= 15 is 0 Å². The number of benzene rings is 1. The molecule has 1 aliphatic heterocycles. The molecule has 1 saturated carbocycles. The van der Waals surface area contributed by atoms with Gasteiger partial charge in [0.2, 0.25) is 0 Å². The fraction of sp³-hybridized carbons (Fsp3) is 0.625. The van der Waals surface area contributed by atoms with Crippen molar-refractivity contribution in [1.29, 1.82) is 0 Å². The summed E-state index contributed by atoms with van der Waals surface area (Å²) in [7, 11) is 0. The van der Waals surface area contributed by atoms with Crippen molar-refractivity contribution in [3.63, 3.8) is 0 Å². The zero-order chi connectivity index (χ0) is 13.1. The second kappa shape index (κ2) is 5.76. The van der Waals surface area contributed by atoms with E-state index in [0.717, 1.165) is 24.3 Å². The van der Waals surface area contributed by atoms with Gasteiger partial charge in [-0.2, -0.15) is 11.8 Å². The standard InChI is InChI=1S/C16H23NOS/c17-16(8-2-1-3-9-16)13-5-4-6-14(11-13)18-15-7-10-19-12-15/h4-6,11,15H,1-3,7-10,12,17H2. The third kappa shape index (κ3) is 3.09. The number of thioether (sulfide) groups is 1. The van der Waals surface area contributed by atoms with Crippen LogP contribution in [0.15, 0.2) is 24.3 Å². The van der Waals surface area contributed by atoms with Crippen LogP contribution in [0.1, 0.15) is 44.1 Å². The first-order valence-corrected chi connectivity index (χ1v) is 8.56. The van der Waals surface area contributed by atoms with E-state index in [0.29, 0.717) is 6.10 Å². The van der Waals surface area contributed by atoms with Crippen molar-refractivity contribution in [1.82, 2.24) is 0 Å². The van der Waals surface area contributed by atoms with Crippen LogP contribution in [0.4, 0.5) is 0 Å². The minimum Gasteiger partial charge on any atom is -0.490 e. The minimum absolute atomic E-state index is 0.123. The number of nitrogens with two attached hydrogens (primary N) is 1. The Morgan fingerprint density at radius 1 is 1.21 bits per heavy atom. The molecular formula is C16H23NOS. The molecule has 1 unspecified atom stereocenters. The molecular weight excluding hydrogens is 254 g/mol. The van der Waals surface area contributed by atoms with Crippen LogP contribution in [-0.2, 0) is 5.54 Å². The normalized spacial score (nSPS) is 26.3. The fourth-order valence-electron chi connectivity index (χ4n) is 3.15. The minimum atomic E-state index is -0.123. The predicted octanol–water partition coefficient (Wildman–Crippen LogP) is 3.69. The van der Waals surface area contributed by atoms with Crippen LogP contribution in [0.2, 0.25) is 0 Å². The van der Waals surface area contributed by atoms with Gasteiger partial charge in [0.15, 0.2) is 0 Å². The van der Waals surface area contributed by atoms with Gasteiger partial charge in [0.1, 0.15) is 11.9 Å². The van der Waals surface area contributed by atoms with E-state index in [9.17, 15) is 0 Å². The van der Waals surface area contributed by atoms with Crippen molar-refractivity contribution in [2.75, 3.05) is 11.5 Å². The van der Waals surface area contributed by atoms with Gasteiger partial charge in [-0.1, -0.05) is 31.4 Å². The number of rotatable bonds is 3. The van der Waals surface area contributed by atoms with E-state index in [2.05, 4.69) is 24.3 Å². The summed E-state index contributed by atoms with van der Waals surface area (Å²) in [5.41, 5.74) is 7.73. The molecule has 0 bridgehead atoms. The highest BCUT2D eigenvalue weighted by molar-refractivity contribution is 7.99. The highest BCUT2D eigenvalue weighted by Crippen LogP contribution is 2.36. The summed E-state index contributed by atoms with van der Waals surface area (Å²) in [4.78, 5) is 0. The van der Waals surface area contributed by atoms with Crippen molar-refractivity contribution in [3.8, 4) is 5.75 Å². The Kier molecular flexibility index (Phi) is 4.04. The highest BCUT2D eigenvalue weighted by atomic mass is 32.2. The van der Waals surface area contributed by atoms with Gasteiger partial charge in [-0.15, -0.1) is 0 Å². The Bertz CT molecular complexity index is 423. The summed E-state index contributed by atoms with van der Waals surface area (Å²) in [6, 6.07) is 8.50. The summed E-state index contributed by atoms with van der Waals surface area (Å²) >= 11 is 1.98. The lowest BCUT2D eigenvalue weighted by atomic mass is 9.77. The van der Waals surface area contributed by atoms with Gasteiger partial charge in [-0.25, -0.2) is 0 Å². The highest BCUT2D eigenvalue weighted by Gasteiger charge is 2.29. The van der Waals surface area contributed by atoms with Gasteiger partial charge in [0, 0.05) is 11.3 Å². The van der Waals surface area contributed by atoms with Crippen LogP contribution >= 0.6 is 11.8 Å². The fourth-order valence-corrected chi connectivity index (χ4v) is 4.24. The summed E-state index contributed by atoms with van der Waals surface area (Å²) in [5, 5.41) is 0. The van der Waals surface area contributed by atoms with Crippen LogP contribution < -0.4 is 10.5 Å². The molecule has 3 heteroatoms. The second-order valence-corrected chi connectivity index (χ2v) is 7.00. The first-order valence-electron chi connectivity index (χ1n) is 7.40. The Labute approximate surface area is 120 Å². The number of ether oxygens (including phenoxy) is 1. The average Bonchev–Trinajstić information content (AvgIpc) is 2.93. The maximum atomic E-state index is 6.60. The monoisotopic (exact) mass is 277 g/mol. The van der Waals surface area contributed by atoms with Crippen LogP contribution in [0, 0.1) is 0 Å². The summed E-state index contributed by atoms with van der Waals surface area (Å²) in [5.74, 6) is 3.35. The topological polar surface area (TPSA) is 35.2 Å². The van der Waals surface area contributed by atoms with Gasteiger partial charge in [0.05, 0.1) is 0 Å². The molecule has 104 valence electrons. The second-order valence-electron chi connectivity index (χ2n) is 5.85. The summed E-state index contributed by atoms with van der Waals surface area (Å²) < 4.78 is 6.08. The quantitative estimate of drug-likeness (QED) is 0.915. The van der Waals surface area contributed by atoms with Crippen molar-refractivity contribution in [2.45, 2.75) is 50.2 Å². The van der Waals surface area contributed by atoms with E-state index < -0.39 is 0 Å². The summed E-state index contributed by atoms with van der Waals surface area (Å²) in [6.07, 6.45) is 7.60. The van der Waals surface area contributed by atoms with Crippen molar-refractivity contribution in [2.24, 2.45) is 5.73 Å². The Balaban J connectivity index is 1.74. The number of hydrogen-bond donors (Lipinski definition) is 1. The average molecular weight is 277 g/mol. The molecule has 1 aromatic rings. The largest absolute Gasteiger partial charge is 0.490 e. The molecule has 1 saturated heterocycles. The van der Waals surface area contributed by atoms with Gasteiger partial charge in [-0.3, -0.25) is 0 Å². The Hall–Kier alpha value is -0.670.